The van der Waals surface area contributed by atoms with Gasteiger partial charge in [0.2, 0.25) is 0 Å². The van der Waals surface area contributed by atoms with E-state index in [-0.39, 0.29) is 38.4 Å². The maximum Gasteiger partial charge on any atom is 0.330 e. The van der Waals surface area contributed by atoms with Crippen LogP contribution < -0.4 is 0 Å². The van der Waals surface area contributed by atoms with Crippen LogP contribution in [0, 0.1) is 12.0 Å². The number of hydrogen-bond acceptors (Lipinski definition) is 3. The molecule has 1 atom stereocenters. The molecule has 3 N–H and O–H groups in total. The van der Waals surface area contributed by atoms with Gasteiger partial charge in [-0.3, -0.25) is 0 Å². The molecule has 2 rings (SSSR count). The fraction of sp³-hybridized carbons (Fsp3) is 0.435. The fourth-order valence-electron chi connectivity index (χ4n) is 2.16. The quantitative estimate of drug-likeness (QED) is 0.308. The number of carbonyl (C=O) groups is 3. The zero-order chi connectivity index (χ0) is 23.3. The van der Waals surface area contributed by atoms with Gasteiger partial charge in [-0.1, -0.05) is 65.2 Å². The summed E-state index contributed by atoms with van der Waals surface area (Å²) in [6.07, 6.45) is 8.91. The van der Waals surface area contributed by atoms with Crippen molar-refractivity contribution in [3.8, 4) is 0 Å². The Labute approximate surface area is 194 Å². The van der Waals surface area contributed by atoms with Crippen LogP contribution in [0.15, 0.2) is 53.2 Å². The molecule has 7 heteroatoms. The Kier molecular flexibility index (Phi) is 18.0. The van der Waals surface area contributed by atoms with E-state index in [9.17, 15) is 14.4 Å². The predicted molar refractivity (Wildman–Crippen MR) is 114 cm³/mol. The Morgan fingerprint density at radius 3 is 1.40 bits per heavy atom. The number of rotatable bonds is 3. The molecule has 0 saturated carbocycles. The van der Waals surface area contributed by atoms with Crippen LogP contribution >= 0.6 is 0 Å². The molecule has 0 saturated heterocycles. The summed E-state index contributed by atoms with van der Waals surface area (Å²) in [6, 6.07) is 0. The normalized spacial score (nSPS) is 15.6. The van der Waals surface area contributed by atoms with Crippen molar-refractivity contribution in [2.24, 2.45) is 5.92 Å². The number of hydrogen-bond donors (Lipinski definition) is 3. The molecule has 6 nitrogen and oxygen atoms in total. The molecule has 0 aromatic rings. The van der Waals surface area contributed by atoms with Gasteiger partial charge >= 0.3 is 17.9 Å². The first-order valence-corrected chi connectivity index (χ1v) is 9.21. The van der Waals surface area contributed by atoms with Crippen molar-refractivity contribution in [1.29, 1.82) is 0 Å². The minimum atomic E-state index is -0.935. The third-order valence-corrected chi connectivity index (χ3v) is 4.13. The summed E-state index contributed by atoms with van der Waals surface area (Å²) in [5.74, 6) is -2.09. The smallest absolute Gasteiger partial charge is 0.330 e. The van der Waals surface area contributed by atoms with Crippen molar-refractivity contribution in [2.75, 3.05) is 0 Å². The van der Waals surface area contributed by atoms with Crippen LogP contribution in [0.2, 0.25) is 0 Å². The zero-order valence-corrected chi connectivity index (χ0v) is 20.2. The molecular weight excluding hydrogens is 420 g/mol. The molecule has 0 aliphatic heterocycles. The van der Waals surface area contributed by atoms with E-state index >= 15 is 0 Å². The van der Waals surface area contributed by atoms with Gasteiger partial charge in [0.15, 0.2) is 0 Å². The molecule has 2 aliphatic carbocycles. The Morgan fingerprint density at radius 1 is 0.833 bits per heavy atom. The molecule has 2 aliphatic rings. The van der Waals surface area contributed by atoms with Crippen LogP contribution in [0.3, 0.4) is 0 Å². The maximum absolute atomic E-state index is 9.60. The Balaban J connectivity index is -0.000000339. The summed E-state index contributed by atoms with van der Waals surface area (Å²) in [4.78, 5) is 28.8. The maximum atomic E-state index is 9.60. The van der Waals surface area contributed by atoms with Crippen molar-refractivity contribution in [1.82, 2.24) is 0 Å². The van der Waals surface area contributed by atoms with Crippen LogP contribution in [0.25, 0.3) is 0 Å². The summed E-state index contributed by atoms with van der Waals surface area (Å²) in [5.41, 5.74) is 5.21. The summed E-state index contributed by atoms with van der Waals surface area (Å²) in [5, 5.41) is 23.7. The zero-order valence-electron chi connectivity index (χ0n) is 18.6. The number of aliphatic carboxylic acids is 3. The summed E-state index contributed by atoms with van der Waals surface area (Å²) >= 11 is 0. The first-order valence-electron chi connectivity index (χ1n) is 9.21. The first-order chi connectivity index (χ1) is 13.2. The largest absolute Gasteiger partial charge is 0.478 e. The molecule has 0 aromatic heterocycles. The predicted octanol–water partition coefficient (Wildman–Crippen LogP) is 5.19. The van der Waals surface area contributed by atoms with E-state index in [1.54, 1.807) is 11.1 Å². The van der Waals surface area contributed by atoms with Crippen LogP contribution in [0.5, 0.6) is 0 Å². The van der Waals surface area contributed by atoms with E-state index in [1.807, 2.05) is 0 Å². The van der Waals surface area contributed by atoms with Crippen LogP contribution in [-0.4, -0.2) is 33.2 Å². The van der Waals surface area contributed by atoms with Crippen molar-refractivity contribution in [3.05, 3.63) is 59.3 Å². The van der Waals surface area contributed by atoms with Gasteiger partial charge in [0, 0.05) is 38.4 Å². The molecule has 1 unspecified atom stereocenters. The number of carboxylic acids is 3. The van der Waals surface area contributed by atoms with Gasteiger partial charge in [0.1, 0.15) is 0 Å². The summed E-state index contributed by atoms with van der Waals surface area (Å²) in [7, 11) is 0. The third kappa shape index (κ3) is 14.8. The third-order valence-electron chi connectivity index (χ3n) is 4.13. The van der Waals surface area contributed by atoms with Gasteiger partial charge < -0.3 is 15.3 Å². The molecule has 0 bridgehead atoms. The molecule has 0 radical (unpaired) electrons. The fourth-order valence-corrected chi connectivity index (χ4v) is 2.16. The average molecular weight is 453 g/mol. The van der Waals surface area contributed by atoms with Gasteiger partial charge in [-0.25, -0.2) is 31.6 Å². The van der Waals surface area contributed by atoms with Gasteiger partial charge in [0.25, 0.3) is 0 Å². The van der Waals surface area contributed by atoms with Crippen molar-refractivity contribution >= 4 is 17.9 Å². The molecule has 30 heavy (non-hydrogen) atoms. The standard InChI is InChI=1S/C11H15.3C4H6O2.Ti/c1-8-7-10-5-3-4-6-11(10)9(8)2;3*1-3(2)4(5)6;/h9H,3-6H2,1-2H3;3*1H2,2H3,(H,5,6);/q-1;;;;. The second-order valence-corrected chi connectivity index (χ2v) is 7.00. The van der Waals surface area contributed by atoms with Crippen LogP contribution in [0.1, 0.15) is 60.3 Å². The van der Waals surface area contributed by atoms with E-state index in [2.05, 4.69) is 39.7 Å². The van der Waals surface area contributed by atoms with Gasteiger partial charge in [-0.15, -0.1) is 0 Å². The molecule has 0 amide bonds. The van der Waals surface area contributed by atoms with Crippen molar-refractivity contribution in [2.45, 2.75) is 60.3 Å². The van der Waals surface area contributed by atoms with E-state index in [0.29, 0.717) is 5.92 Å². The van der Waals surface area contributed by atoms with Crippen molar-refractivity contribution < 1.29 is 51.4 Å². The second kappa shape index (κ2) is 16.6. The van der Waals surface area contributed by atoms with E-state index in [1.165, 1.54) is 52.0 Å². The van der Waals surface area contributed by atoms with Gasteiger partial charge in [0.05, 0.1) is 0 Å². The average Bonchev–Trinajstić information content (AvgIpc) is 2.91. The van der Waals surface area contributed by atoms with E-state index in [0.717, 1.165) is 0 Å². The minimum absolute atomic E-state index is 0. The van der Waals surface area contributed by atoms with E-state index < -0.39 is 17.9 Å². The van der Waals surface area contributed by atoms with Gasteiger partial charge in [-0.2, -0.15) is 5.57 Å². The molecule has 166 valence electrons. The Bertz CT molecular complexity index is 635. The van der Waals surface area contributed by atoms with Crippen LogP contribution in [-0.2, 0) is 36.1 Å². The first kappa shape index (κ1) is 32.5. The minimum Gasteiger partial charge on any atom is -0.478 e. The second-order valence-electron chi connectivity index (χ2n) is 7.00. The molecule has 0 heterocycles. The molecule has 0 spiro atoms. The number of carboxylic acid groups (broad SMARTS) is 3. The van der Waals surface area contributed by atoms with E-state index in [4.69, 9.17) is 15.3 Å². The Morgan fingerprint density at radius 2 is 1.13 bits per heavy atom. The number of allylic oxidation sites excluding steroid dienone is 4. The topological polar surface area (TPSA) is 112 Å². The monoisotopic (exact) mass is 453 g/mol. The molecule has 0 aromatic carbocycles. The summed E-state index contributed by atoms with van der Waals surface area (Å²) in [6.45, 7) is 18.3. The SMILES string of the molecule is C=C(C)C(=O)O.C=C(C)C(=O)O.C=C(C)C(=O)O.CC1=[C-]C2=C(CCCC2)C1C.[Ti]. The molecule has 0 fully saturated rings. The molecular formula is C23H33O6Ti-. The van der Waals surface area contributed by atoms with Crippen LogP contribution in [0.4, 0.5) is 0 Å². The van der Waals surface area contributed by atoms with Crippen molar-refractivity contribution in [3.63, 3.8) is 0 Å². The van der Waals surface area contributed by atoms with Gasteiger partial charge in [-0.05, 0) is 20.8 Å². The summed E-state index contributed by atoms with van der Waals surface area (Å²) < 4.78 is 0. The Hall–Kier alpha value is -2.18.